The van der Waals surface area contributed by atoms with Gasteiger partial charge in [-0.3, -0.25) is 14.4 Å². The summed E-state index contributed by atoms with van der Waals surface area (Å²) >= 11 is 0. The number of carbonyl (C=O) groups excluding carboxylic acids is 1. The van der Waals surface area contributed by atoms with Crippen molar-refractivity contribution in [1.29, 1.82) is 0 Å². The molecule has 3 heterocycles. The number of rotatable bonds is 4. The Hall–Kier alpha value is -1.40. The van der Waals surface area contributed by atoms with E-state index < -0.39 is 0 Å². The van der Waals surface area contributed by atoms with E-state index in [1.165, 1.54) is 5.56 Å². The Balaban J connectivity index is 1.41. The third-order valence-corrected chi connectivity index (χ3v) is 5.38. The van der Waals surface area contributed by atoms with Crippen molar-refractivity contribution in [2.24, 2.45) is 18.9 Å². The topological polar surface area (TPSA) is 59.4 Å². The third kappa shape index (κ3) is 3.43. The molecule has 0 radical (unpaired) electrons. The van der Waals surface area contributed by atoms with Gasteiger partial charge in [-0.05, 0) is 25.7 Å². The zero-order valence-electron chi connectivity index (χ0n) is 13.8. The van der Waals surface area contributed by atoms with Gasteiger partial charge in [0.25, 0.3) is 0 Å². The largest absolute Gasteiger partial charge is 0.378 e. The SMILES string of the molecule is Cn1cc(CN2CC[C@@H]3OCC[C@H](C(=O)NC4CC4)[C@H]3C2)cn1. The fraction of sp³-hybridized carbons (Fsp3) is 0.765. The standard InChI is InChI=1S/C17H26N4O2/c1-20-9-12(8-18-20)10-21-6-4-16-15(11-21)14(5-7-23-16)17(22)19-13-2-3-13/h8-9,13-16H,2-7,10-11H2,1H3,(H,19,22)/t14-,15+,16-/m0/s1. The van der Waals surface area contributed by atoms with E-state index in [0.717, 1.165) is 51.9 Å². The van der Waals surface area contributed by atoms with Gasteiger partial charge in [0.2, 0.25) is 5.91 Å². The Bertz CT molecular complexity index is 569. The van der Waals surface area contributed by atoms with E-state index >= 15 is 0 Å². The molecule has 3 aliphatic rings. The predicted molar refractivity (Wildman–Crippen MR) is 85.6 cm³/mol. The van der Waals surface area contributed by atoms with Crippen LogP contribution >= 0.6 is 0 Å². The Morgan fingerprint density at radius 3 is 3.00 bits per heavy atom. The number of nitrogens with one attached hydrogen (secondary N) is 1. The maximum atomic E-state index is 12.6. The van der Waals surface area contributed by atoms with Crippen molar-refractivity contribution in [1.82, 2.24) is 20.0 Å². The molecule has 0 spiro atoms. The fourth-order valence-corrected chi connectivity index (χ4v) is 4.00. The number of aryl methyl sites for hydroxylation is 1. The number of piperidine rings is 1. The van der Waals surface area contributed by atoms with Gasteiger partial charge in [0.05, 0.1) is 12.3 Å². The molecule has 1 N–H and O–H groups in total. The van der Waals surface area contributed by atoms with Gasteiger partial charge in [0.15, 0.2) is 0 Å². The van der Waals surface area contributed by atoms with Crippen LogP contribution in [0.1, 0.15) is 31.2 Å². The molecule has 1 amide bonds. The molecule has 1 saturated carbocycles. The smallest absolute Gasteiger partial charge is 0.223 e. The molecule has 2 saturated heterocycles. The number of likely N-dealkylation sites (tertiary alicyclic amines) is 1. The van der Waals surface area contributed by atoms with Crippen molar-refractivity contribution in [2.75, 3.05) is 19.7 Å². The summed E-state index contributed by atoms with van der Waals surface area (Å²) in [7, 11) is 1.95. The molecule has 6 heteroatoms. The Kier molecular flexibility index (Phi) is 4.11. The minimum atomic E-state index is 0.117. The maximum absolute atomic E-state index is 12.6. The number of nitrogens with zero attached hydrogens (tertiary/aromatic N) is 3. The van der Waals surface area contributed by atoms with Crippen LogP contribution in [-0.2, 0) is 23.1 Å². The summed E-state index contributed by atoms with van der Waals surface area (Å²) in [6.07, 6.45) is 8.44. The molecule has 6 nitrogen and oxygen atoms in total. The monoisotopic (exact) mass is 318 g/mol. The van der Waals surface area contributed by atoms with Crippen molar-refractivity contribution in [3.63, 3.8) is 0 Å². The summed E-state index contributed by atoms with van der Waals surface area (Å²) in [5, 5.41) is 7.45. The Morgan fingerprint density at radius 2 is 2.26 bits per heavy atom. The molecular formula is C17H26N4O2. The van der Waals surface area contributed by atoms with Crippen LogP contribution in [0.4, 0.5) is 0 Å². The lowest BCUT2D eigenvalue weighted by Gasteiger charge is -2.44. The average Bonchev–Trinajstić information content (AvgIpc) is 3.27. The molecule has 1 aromatic heterocycles. The van der Waals surface area contributed by atoms with Crippen molar-refractivity contribution in [2.45, 2.75) is 44.4 Å². The number of ether oxygens (including phenoxy) is 1. The van der Waals surface area contributed by atoms with Crippen molar-refractivity contribution in [3.8, 4) is 0 Å². The first-order chi connectivity index (χ1) is 11.2. The quantitative estimate of drug-likeness (QED) is 0.897. The summed E-state index contributed by atoms with van der Waals surface area (Å²) < 4.78 is 7.81. The number of hydrogen-bond acceptors (Lipinski definition) is 4. The van der Waals surface area contributed by atoms with Crippen LogP contribution in [0.5, 0.6) is 0 Å². The molecule has 3 atom stereocenters. The van der Waals surface area contributed by atoms with Crippen LogP contribution in [-0.4, -0.2) is 52.4 Å². The van der Waals surface area contributed by atoms with Crippen LogP contribution in [0, 0.1) is 11.8 Å². The van der Waals surface area contributed by atoms with Gasteiger partial charge in [0, 0.05) is 62.9 Å². The second-order valence-electron chi connectivity index (χ2n) is 7.30. The second kappa shape index (κ2) is 6.24. The minimum Gasteiger partial charge on any atom is -0.378 e. The number of fused-ring (bicyclic) bond motifs is 1. The van der Waals surface area contributed by atoms with Gasteiger partial charge in [0.1, 0.15) is 0 Å². The molecule has 126 valence electrons. The average molecular weight is 318 g/mol. The lowest BCUT2D eigenvalue weighted by atomic mass is 9.79. The third-order valence-electron chi connectivity index (χ3n) is 5.38. The van der Waals surface area contributed by atoms with Crippen LogP contribution in [0.15, 0.2) is 12.4 Å². The molecule has 0 bridgehead atoms. The predicted octanol–water partition coefficient (Wildman–Crippen LogP) is 0.926. The molecule has 1 aromatic rings. The van der Waals surface area contributed by atoms with Gasteiger partial charge < -0.3 is 10.1 Å². The molecule has 23 heavy (non-hydrogen) atoms. The van der Waals surface area contributed by atoms with E-state index in [1.807, 2.05) is 17.9 Å². The second-order valence-corrected chi connectivity index (χ2v) is 7.30. The van der Waals surface area contributed by atoms with Crippen molar-refractivity contribution >= 4 is 5.91 Å². The van der Waals surface area contributed by atoms with E-state index in [-0.39, 0.29) is 17.9 Å². The van der Waals surface area contributed by atoms with Crippen LogP contribution in [0.3, 0.4) is 0 Å². The lowest BCUT2D eigenvalue weighted by Crippen LogP contribution is -2.53. The number of amides is 1. The van der Waals surface area contributed by atoms with Crippen LogP contribution in [0.2, 0.25) is 0 Å². The summed E-state index contributed by atoms with van der Waals surface area (Å²) in [6, 6.07) is 0.443. The van der Waals surface area contributed by atoms with E-state index in [9.17, 15) is 4.79 Å². The zero-order chi connectivity index (χ0) is 15.8. The summed E-state index contributed by atoms with van der Waals surface area (Å²) in [5.41, 5.74) is 1.24. The number of hydrogen-bond donors (Lipinski definition) is 1. The first-order valence-corrected chi connectivity index (χ1v) is 8.81. The maximum Gasteiger partial charge on any atom is 0.223 e. The van der Waals surface area contributed by atoms with E-state index in [2.05, 4.69) is 21.5 Å². The molecular weight excluding hydrogens is 292 g/mol. The van der Waals surface area contributed by atoms with Gasteiger partial charge in [-0.2, -0.15) is 5.10 Å². The highest BCUT2D eigenvalue weighted by molar-refractivity contribution is 5.79. The summed E-state index contributed by atoms with van der Waals surface area (Å²) in [6.45, 7) is 3.62. The van der Waals surface area contributed by atoms with Gasteiger partial charge >= 0.3 is 0 Å². The summed E-state index contributed by atoms with van der Waals surface area (Å²) in [4.78, 5) is 15.0. The molecule has 1 aliphatic carbocycles. The van der Waals surface area contributed by atoms with Crippen LogP contribution < -0.4 is 5.32 Å². The molecule has 2 aliphatic heterocycles. The lowest BCUT2D eigenvalue weighted by molar-refractivity contribution is -0.142. The van der Waals surface area contributed by atoms with E-state index in [1.54, 1.807) is 0 Å². The number of carbonyl (C=O) groups is 1. The van der Waals surface area contributed by atoms with E-state index in [4.69, 9.17) is 4.74 Å². The first-order valence-electron chi connectivity index (χ1n) is 8.81. The van der Waals surface area contributed by atoms with Gasteiger partial charge in [-0.15, -0.1) is 0 Å². The van der Waals surface area contributed by atoms with E-state index in [0.29, 0.717) is 12.0 Å². The van der Waals surface area contributed by atoms with Crippen LogP contribution in [0.25, 0.3) is 0 Å². The van der Waals surface area contributed by atoms with Gasteiger partial charge in [-0.25, -0.2) is 0 Å². The molecule has 3 fully saturated rings. The molecule has 0 aromatic carbocycles. The van der Waals surface area contributed by atoms with Crippen molar-refractivity contribution in [3.05, 3.63) is 18.0 Å². The highest BCUT2D eigenvalue weighted by Crippen LogP contribution is 2.34. The molecule has 4 rings (SSSR count). The minimum absolute atomic E-state index is 0.117. The fourth-order valence-electron chi connectivity index (χ4n) is 4.00. The Labute approximate surface area is 137 Å². The Morgan fingerprint density at radius 1 is 1.39 bits per heavy atom. The van der Waals surface area contributed by atoms with Crippen molar-refractivity contribution < 1.29 is 9.53 Å². The summed E-state index contributed by atoms with van der Waals surface area (Å²) in [5.74, 6) is 0.702. The number of aromatic nitrogens is 2. The zero-order valence-corrected chi connectivity index (χ0v) is 13.8. The highest BCUT2D eigenvalue weighted by Gasteiger charge is 2.42. The molecule has 0 unspecified atom stereocenters. The first kappa shape index (κ1) is 15.1. The normalized spacial score (nSPS) is 31.6. The van der Waals surface area contributed by atoms with Gasteiger partial charge in [-0.1, -0.05) is 0 Å². The highest BCUT2D eigenvalue weighted by atomic mass is 16.5.